The first-order chi connectivity index (χ1) is 3.18. The number of hydrogen-bond acceptors (Lipinski definition) is 1. The summed E-state index contributed by atoms with van der Waals surface area (Å²) in [5, 5.41) is 0. The van der Waals surface area contributed by atoms with E-state index in [9.17, 15) is 4.79 Å². The molecule has 0 fully saturated rings. The topological polar surface area (TPSA) is 17.1 Å². The molecule has 0 saturated carbocycles. The maximum atomic E-state index is 10.3. The van der Waals surface area contributed by atoms with Gasteiger partial charge in [-0.15, -0.1) is 0 Å². The first kappa shape index (κ1) is 3.85. The van der Waals surface area contributed by atoms with Crippen LogP contribution in [0.15, 0.2) is 0 Å². The summed E-state index contributed by atoms with van der Waals surface area (Å²) in [5.74, 6) is 0.0370. The van der Waals surface area contributed by atoms with Crippen LogP contribution in [-0.4, -0.2) is 5.78 Å². The van der Waals surface area contributed by atoms with Gasteiger partial charge in [-0.05, 0) is 6.92 Å². The predicted octanol–water partition coefficient (Wildman–Crippen LogP) is 1.23. The van der Waals surface area contributed by atoms with E-state index in [1.165, 1.54) is 6.92 Å². The third-order valence-corrected chi connectivity index (χ3v) is 0.694. The van der Waals surface area contributed by atoms with Gasteiger partial charge in [0.25, 0.3) is 0 Å². The zero-order valence-electron chi connectivity index (χ0n) is 5.19. The Balaban J connectivity index is 3.34. The van der Waals surface area contributed by atoms with Crippen LogP contribution in [-0.2, 0) is 4.79 Å². The molecule has 0 N–H and O–H groups in total. The fourth-order valence-electron chi connectivity index (χ4n) is 0. The zero-order valence-corrected chi connectivity index (χ0v) is 4.19. The summed E-state index contributed by atoms with van der Waals surface area (Å²) in [7, 11) is 0. The molecule has 1 nitrogen and oxygen atoms in total. The molecule has 36 valence electrons. The number of ketones is 1. The molecule has 0 aliphatic heterocycles. The summed E-state index contributed by atoms with van der Waals surface area (Å²) in [4.78, 5) is 10.3. The molecule has 1 atom stereocenters. The Bertz CT molecular complexity index is 70.5. The molecule has 0 aromatic carbocycles. The fourth-order valence-corrected chi connectivity index (χ4v) is 0. The van der Waals surface area contributed by atoms with Crippen molar-refractivity contribution in [2.45, 2.75) is 20.7 Å². The maximum Gasteiger partial charge on any atom is 0.132 e. The highest BCUT2D eigenvalue weighted by molar-refractivity contribution is 5.77. The highest BCUT2D eigenvalue weighted by atomic mass is 16.1. The smallest absolute Gasteiger partial charge is 0.132 e. The second-order valence-corrected chi connectivity index (χ2v) is 1.51. The minimum absolute atomic E-state index is 0.0694. The number of Topliss-reactive ketones (excluding diaryl/α,β-unsaturated/α-hetero) is 1. The van der Waals surface area contributed by atoms with Gasteiger partial charge in [-0.2, -0.15) is 0 Å². The zero-order chi connectivity index (χ0) is 5.86. The van der Waals surface area contributed by atoms with Crippen molar-refractivity contribution in [1.29, 1.82) is 0 Å². The first-order valence-corrected chi connectivity index (χ1v) is 1.98. The molecule has 1 unspecified atom stereocenters. The van der Waals surface area contributed by atoms with Crippen LogP contribution in [0.1, 0.15) is 22.1 Å². The Hall–Kier alpha value is -0.330. The molecular formula is C5H10O. The van der Waals surface area contributed by atoms with E-state index >= 15 is 0 Å². The van der Waals surface area contributed by atoms with Crippen molar-refractivity contribution >= 4 is 5.78 Å². The van der Waals surface area contributed by atoms with E-state index in [1.54, 1.807) is 6.92 Å². The summed E-state index contributed by atoms with van der Waals surface area (Å²) in [6.07, 6.45) is 0. The summed E-state index contributed by atoms with van der Waals surface area (Å²) in [6, 6.07) is 0. The number of hydrogen-bond donors (Lipinski definition) is 0. The van der Waals surface area contributed by atoms with Crippen molar-refractivity contribution in [3.05, 3.63) is 0 Å². The molecule has 0 radical (unpaired) electrons. The molecule has 1 heteroatoms. The quantitative estimate of drug-likeness (QED) is 0.471. The molecule has 0 bridgehead atoms. The van der Waals surface area contributed by atoms with Gasteiger partial charge in [0.1, 0.15) is 5.78 Å². The average molecular weight is 88.1 g/mol. The lowest BCUT2D eigenvalue weighted by molar-refractivity contribution is -0.119. The molecule has 0 aliphatic carbocycles. The molecule has 0 amide bonds. The second-order valence-electron chi connectivity index (χ2n) is 1.51. The van der Waals surface area contributed by atoms with E-state index in [0.717, 1.165) is 0 Å². The molecular weight excluding hydrogens is 76.1 g/mol. The highest BCUT2D eigenvalue weighted by Crippen LogP contribution is 1.89. The Morgan fingerprint density at radius 2 is 2.50 bits per heavy atom. The molecule has 0 aromatic heterocycles. The minimum atomic E-state index is -0.0694. The average Bonchev–Trinajstić information content (AvgIpc) is 1.65. The summed E-state index contributed by atoms with van der Waals surface area (Å²) in [6.45, 7) is 3.49. The summed E-state index contributed by atoms with van der Waals surface area (Å²) < 4.78 is 6.72. The van der Waals surface area contributed by atoms with E-state index < -0.39 is 0 Å². The maximum absolute atomic E-state index is 10.3. The largest absolute Gasteiger partial charge is 0.300 e. The summed E-state index contributed by atoms with van der Waals surface area (Å²) in [5.41, 5.74) is 0. The lowest BCUT2D eigenvalue weighted by Crippen LogP contribution is -1.98. The van der Waals surface area contributed by atoms with Crippen LogP contribution >= 0.6 is 0 Å². The van der Waals surface area contributed by atoms with E-state index in [4.69, 9.17) is 1.37 Å². The summed E-state index contributed by atoms with van der Waals surface area (Å²) >= 11 is 0. The van der Waals surface area contributed by atoms with Gasteiger partial charge in [-0.1, -0.05) is 13.8 Å². The Kier molecular flexibility index (Phi) is 1.25. The molecule has 0 spiro atoms. The molecule has 6 heavy (non-hydrogen) atoms. The van der Waals surface area contributed by atoms with E-state index in [1.807, 2.05) is 0 Å². The van der Waals surface area contributed by atoms with Crippen LogP contribution in [0.25, 0.3) is 0 Å². The van der Waals surface area contributed by atoms with Crippen LogP contribution < -0.4 is 0 Å². The van der Waals surface area contributed by atoms with Crippen molar-refractivity contribution in [3.63, 3.8) is 0 Å². The van der Waals surface area contributed by atoms with Crippen LogP contribution in [0.4, 0.5) is 0 Å². The van der Waals surface area contributed by atoms with Gasteiger partial charge in [0.2, 0.25) is 0 Å². The minimum Gasteiger partial charge on any atom is -0.300 e. The SMILES string of the molecule is [3H]CC(C)C(C)=O. The third-order valence-electron chi connectivity index (χ3n) is 0.694. The Labute approximate surface area is 39.8 Å². The van der Waals surface area contributed by atoms with Crippen molar-refractivity contribution in [1.82, 2.24) is 0 Å². The van der Waals surface area contributed by atoms with Crippen molar-refractivity contribution < 1.29 is 6.17 Å². The Morgan fingerprint density at radius 1 is 2.00 bits per heavy atom. The third kappa shape index (κ3) is 1.94. The van der Waals surface area contributed by atoms with Crippen LogP contribution in [0.5, 0.6) is 0 Å². The lowest BCUT2D eigenvalue weighted by atomic mass is 10.1. The standard InChI is InChI=1S/C5H10O/c1-4(2)5(3)6/h4H,1-3H3/i1T. The van der Waals surface area contributed by atoms with E-state index in [0.29, 0.717) is 0 Å². The van der Waals surface area contributed by atoms with Crippen LogP contribution in [0.3, 0.4) is 0 Å². The van der Waals surface area contributed by atoms with Gasteiger partial charge in [-0.25, -0.2) is 0 Å². The van der Waals surface area contributed by atoms with Gasteiger partial charge in [0, 0.05) is 7.29 Å². The van der Waals surface area contributed by atoms with Crippen LogP contribution in [0.2, 0.25) is 0 Å². The predicted molar refractivity (Wildman–Crippen MR) is 25.5 cm³/mol. The molecule has 0 aliphatic rings. The van der Waals surface area contributed by atoms with E-state index in [-0.39, 0.29) is 18.6 Å². The van der Waals surface area contributed by atoms with Gasteiger partial charge in [-0.3, -0.25) is 4.79 Å². The van der Waals surface area contributed by atoms with Gasteiger partial charge >= 0.3 is 0 Å². The Morgan fingerprint density at radius 3 is 2.50 bits per heavy atom. The van der Waals surface area contributed by atoms with Gasteiger partial charge in [0.05, 0.1) is 0 Å². The number of carbonyl (C=O) groups excluding carboxylic acids is 1. The number of rotatable bonds is 1. The first-order valence-electron chi connectivity index (χ1n) is 2.69. The normalized spacial score (nSPS) is 16.0. The van der Waals surface area contributed by atoms with Crippen molar-refractivity contribution in [2.24, 2.45) is 5.92 Å². The second kappa shape index (κ2) is 1.96. The van der Waals surface area contributed by atoms with Crippen molar-refractivity contribution in [2.75, 3.05) is 0 Å². The molecule has 0 rings (SSSR count). The van der Waals surface area contributed by atoms with Gasteiger partial charge < -0.3 is 0 Å². The molecule has 0 heterocycles. The van der Waals surface area contributed by atoms with Crippen molar-refractivity contribution in [3.8, 4) is 0 Å². The lowest BCUT2D eigenvalue weighted by Gasteiger charge is -1.90. The van der Waals surface area contributed by atoms with E-state index in [2.05, 4.69) is 0 Å². The monoisotopic (exact) mass is 88.1 g/mol. The fraction of sp³-hybridized carbons (Fsp3) is 0.800. The van der Waals surface area contributed by atoms with Crippen LogP contribution in [0, 0.1) is 5.92 Å². The highest BCUT2D eigenvalue weighted by Gasteiger charge is 1.94. The molecule has 0 saturated heterocycles. The number of carbonyl (C=O) groups is 1. The molecule has 0 aromatic rings. The van der Waals surface area contributed by atoms with Gasteiger partial charge in [0.15, 0.2) is 0 Å².